The number of piperidine rings is 1. The molecule has 0 spiro atoms. The standard InChI is InChI=1S/C16H20N4O6/c1-10(14(21)18-16(17)23)26-15(22)11-5-6-12(13(9-11)20(24)25)19-7-3-2-4-8-19/h5-6,9-10H,2-4,7-8H2,1H3,(H3,17,18,21,23)/t10-/m1/s1. The third-order valence-corrected chi connectivity index (χ3v) is 4.00. The van der Waals surface area contributed by atoms with Crippen LogP contribution in [0.25, 0.3) is 0 Å². The molecule has 0 radical (unpaired) electrons. The highest BCUT2D eigenvalue weighted by Crippen LogP contribution is 2.31. The SMILES string of the molecule is C[C@@H](OC(=O)c1ccc(N2CCCCC2)c([N+](=O)[O-])c1)C(=O)NC(N)=O. The van der Waals surface area contributed by atoms with Crippen LogP contribution < -0.4 is 16.0 Å². The second-order valence-electron chi connectivity index (χ2n) is 5.91. The Morgan fingerprint density at radius 1 is 1.27 bits per heavy atom. The molecular weight excluding hydrogens is 344 g/mol. The van der Waals surface area contributed by atoms with E-state index in [0.717, 1.165) is 38.4 Å². The van der Waals surface area contributed by atoms with Crippen LogP contribution in [0, 0.1) is 10.1 Å². The summed E-state index contributed by atoms with van der Waals surface area (Å²) in [6.07, 6.45) is 1.71. The summed E-state index contributed by atoms with van der Waals surface area (Å²) >= 11 is 0. The molecule has 0 aromatic heterocycles. The fraction of sp³-hybridized carbons (Fsp3) is 0.438. The fourth-order valence-electron chi connectivity index (χ4n) is 2.70. The molecule has 1 aliphatic rings. The Labute approximate surface area is 149 Å². The number of nitrogens with zero attached hydrogens (tertiary/aromatic N) is 2. The van der Waals surface area contributed by atoms with Crippen molar-refractivity contribution in [2.75, 3.05) is 18.0 Å². The van der Waals surface area contributed by atoms with Gasteiger partial charge in [0.1, 0.15) is 5.69 Å². The minimum atomic E-state index is -1.28. The van der Waals surface area contributed by atoms with Crippen molar-refractivity contribution in [1.82, 2.24) is 5.32 Å². The number of amides is 3. The number of rotatable bonds is 5. The van der Waals surface area contributed by atoms with Gasteiger partial charge in [0.05, 0.1) is 10.5 Å². The largest absolute Gasteiger partial charge is 0.449 e. The van der Waals surface area contributed by atoms with Gasteiger partial charge < -0.3 is 15.4 Å². The molecule has 10 nitrogen and oxygen atoms in total. The first kappa shape index (κ1) is 19.2. The van der Waals surface area contributed by atoms with Crippen molar-refractivity contribution >= 4 is 29.3 Å². The first-order chi connectivity index (χ1) is 12.3. The number of ether oxygens (including phenoxy) is 1. The molecule has 1 aliphatic heterocycles. The summed E-state index contributed by atoms with van der Waals surface area (Å²) in [6, 6.07) is 2.98. The Morgan fingerprint density at radius 2 is 1.92 bits per heavy atom. The lowest BCUT2D eigenvalue weighted by Crippen LogP contribution is -2.42. The van der Waals surface area contributed by atoms with Crippen molar-refractivity contribution in [3.05, 3.63) is 33.9 Å². The van der Waals surface area contributed by atoms with E-state index in [1.165, 1.54) is 19.1 Å². The topological polar surface area (TPSA) is 145 Å². The minimum absolute atomic E-state index is 0.0591. The summed E-state index contributed by atoms with van der Waals surface area (Å²) in [5.41, 5.74) is 5.01. The molecule has 1 aromatic carbocycles. The van der Waals surface area contributed by atoms with Crippen LogP contribution in [0.1, 0.15) is 36.5 Å². The van der Waals surface area contributed by atoms with Crippen molar-refractivity contribution in [3.63, 3.8) is 0 Å². The number of carbonyl (C=O) groups is 3. The van der Waals surface area contributed by atoms with Gasteiger partial charge >= 0.3 is 12.0 Å². The number of hydrogen-bond donors (Lipinski definition) is 2. The van der Waals surface area contributed by atoms with E-state index >= 15 is 0 Å². The van der Waals surface area contributed by atoms with E-state index in [-0.39, 0.29) is 11.3 Å². The molecule has 26 heavy (non-hydrogen) atoms. The number of hydrogen-bond acceptors (Lipinski definition) is 7. The molecule has 1 saturated heterocycles. The number of benzene rings is 1. The van der Waals surface area contributed by atoms with Crippen LogP contribution in [0.5, 0.6) is 0 Å². The third kappa shape index (κ3) is 4.68. The molecule has 1 aromatic rings. The summed E-state index contributed by atoms with van der Waals surface area (Å²) in [5, 5.41) is 13.2. The highest BCUT2D eigenvalue weighted by Gasteiger charge is 2.25. The monoisotopic (exact) mass is 364 g/mol. The normalized spacial score (nSPS) is 15.0. The number of primary amides is 1. The van der Waals surface area contributed by atoms with Gasteiger partial charge in [0.2, 0.25) is 0 Å². The predicted molar refractivity (Wildman–Crippen MR) is 91.8 cm³/mol. The molecule has 0 bridgehead atoms. The Hall–Kier alpha value is -3.17. The van der Waals surface area contributed by atoms with Crippen molar-refractivity contribution in [3.8, 4) is 0 Å². The predicted octanol–water partition coefficient (Wildman–Crippen LogP) is 1.33. The van der Waals surface area contributed by atoms with Crippen LogP contribution in [0.2, 0.25) is 0 Å². The number of urea groups is 1. The summed E-state index contributed by atoms with van der Waals surface area (Å²) < 4.78 is 4.92. The molecule has 3 N–H and O–H groups in total. The average molecular weight is 364 g/mol. The highest BCUT2D eigenvalue weighted by atomic mass is 16.6. The van der Waals surface area contributed by atoms with Gasteiger partial charge in [0, 0.05) is 19.2 Å². The van der Waals surface area contributed by atoms with Crippen LogP contribution in [-0.4, -0.2) is 42.0 Å². The van der Waals surface area contributed by atoms with Crippen molar-refractivity contribution in [2.24, 2.45) is 5.73 Å². The van der Waals surface area contributed by atoms with E-state index in [0.29, 0.717) is 5.69 Å². The maximum Gasteiger partial charge on any atom is 0.339 e. The van der Waals surface area contributed by atoms with Crippen molar-refractivity contribution in [1.29, 1.82) is 0 Å². The molecule has 2 rings (SSSR count). The quantitative estimate of drug-likeness (QED) is 0.455. The van der Waals surface area contributed by atoms with Gasteiger partial charge in [0.15, 0.2) is 6.10 Å². The number of anilines is 1. The molecule has 10 heteroatoms. The van der Waals surface area contributed by atoms with E-state index in [1.807, 2.05) is 4.90 Å². The average Bonchev–Trinajstić information content (AvgIpc) is 2.61. The maximum absolute atomic E-state index is 12.2. The zero-order valence-electron chi connectivity index (χ0n) is 14.3. The van der Waals surface area contributed by atoms with Crippen LogP contribution in [0.15, 0.2) is 18.2 Å². The van der Waals surface area contributed by atoms with Gasteiger partial charge in [-0.05, 0) is 38.3 Å². The highest BCUT2D eigenvalue weighted by molar-refractivity contribution is 5.98. The van der Waals surface area contributed by atoms with E-state index in [2.05, 4.69) is 0 Å². The first-order valence-electron chi connectivity index (χ1n) is 8.14. The van der Waals surface area contributed by atoms with E-state index < -0.39 is 28.9 Å². The van der Waals surface area contributed by atoms with Gasteiger partial charge in [-0.15, -0.1) is 0 Å². The van der Waals surface area contributed by atoms with Crippen LogP contribution in [0.4, 0.5) is 16.2 Å². The van der Waals surface area contributed by atoms with Gasteiger partial charge in [-0.1, -0.05) is 0 Å². The second-order valence-corrected chi connectivity index (χ2v) is 5.91. The molecule has 1 fully saturated rings. The van der Waals surface area contributed by atoms with Crippen LogP contribution in [-0.2, 0) is 9.53 Å². The van der Waals surface area contributed by atoms with Gasteiger partial charge in [-0.2, -0.15) is 0 Å². The summed E-state index contributed by atoms with van der Waals surface area (Å²) in [4.78, 5) is 47.1. The summed E-state index contributed by atoms with van der Waals surface area (Å²) in [5.74, 6) is -1.80. The third-order valence-electron chi connectivity index (χ3n) is 4.00. The van der Waals surface area contributed by atoms with E-state index in [1.54, 1.807) is 5.32 Å². The number of nitrogens with one attached hydrogen (secondary N) is 1. The molecular formula is C16H20N4O6. The lowest BCUT2D eigenvalue weighted by atomic mass is 10.1. The van der Waals surface area contributed by atoms with Crippen molar-refractivity contribution < 1.29 is 24.0 Å². The molecule has 140 valence electrons. The minimum Gasteiger partial charge on any atom is -0.449 e. The van der Waals surface area contributed by atoms with E-state index in [9.17, 15) is 24.5 Å². The molecule has 1 atom stereocenters. The van der Waals surface area contributed by atoms with E-state index in [4.69, 9.17) is 10.5 Å². The number of imide groups is 1. The fourth-order valence-corrected chi connectivity index (χ4v) is 2.70. The first-order valence-corrected chi connectivity index (χ1v) is 8.14. The second kappa shape index (κ2) is 8.28. The molecule has 0 aliphatic carbocycles. The number of carbonyl (C=O) groups excluding carboxylic acids is 3. The van der Waals surface area contributed by atoms with Crippen LogP contribution in [0.3, 0.4) is 0 Å². The Bertz CT molecular complexity index is 729. The summed E-state index contributed by atoms with van der Waals surface area (Å²) in [7, 11) is 0. The molecule has 3 amide bonds. The smallest absolute Gasteiger partial charge is 0.339 e. The molecule has 1 heterocycles. The summed E-state index contributed by atoms with van der Waals surface area (Å²) in [6.45, 7) is 2.69. The van der Waals surface area contributed by atoms with Crippen molar-refractivity contribution in [2.45, 2.75) is 32.3 Å². The number of nitro groups is 1. The van der Waals surface area contributed by atoms with Crippen LogP contribution >= 0.6 is 0 Å². The molecule has 0 saturated carbocycles. The number of nitro benzene ring substituents is 1. The number of nitrogens with two attached hydrogens (primary N) is 1. The Balaban J connectivity index is 2.17. The zero-order chi connectivity index (χ0) is 19.3. The zero-order valence-corrected chi connectivity index (χ0v) is 14.3. The van der Waals surface area contributed by atoms with Gasteiger partial charge in [-0.3, -0.25) is 20.2 Å². The molecule has 0 unspecified atom stereocenters. The number of esters is 1. The lowest BCUT2D eigenvalue weighted by molar-refractivity contribution is -0.384. The van der Waals surface area contributed by atoms with Gasteiger partial charge in [-0.25, -0.2) is 9.59 Å². The lowest BCUT2D eigenvalue weighted by Gasteiger charge is -2.28. The Kier molecular flexibility index (Phi) is 6.10. The van der Waals surface area contributed by atoms with Gasteiger partial charge in [0.25, 0.3) is 11.6 Å². The Morgan fingerprint density at radius 3 is 2.50 bits per heavy atom. The maximum atomic E-state index is 12.2.